The molecule has 3 N–H and O–H groups in total. The predicted molar refractivity (Wildman–Crippen MR) is 88.6 cm³/mol. The minimum absolute atomic E-state index is 0.151. The van der Waals surface area contributed by atoms with E-state index in [0.29, 0.717) is 17.6 Å². The second-order valence-corrected chi connectivity index (χ2v) is 5.35. The number of terminal acetylenes is 1. The summed E-state index contributed by atoms with van der Waals surface area (Å²) in [7, 11) is 0. The first kappa shape index (κ1) is 18.2. The summed E-state index contributed by atoms with van der Waals surface area (Å²) in [6, 6.07) is 5.69. The van der Waals surface area contributed by atoms with E-state index in [-0.39, 0.29) is 23.9 Å². The average Bonchev–Trinajstić information content (AvgIpc) is 2.50. The van der Waals surface area contributed by atoms with Gasteiger partial charge in [-0.1, -0.05) is 24.5 Å². The number of nitrogens with one attached hydrogen (secondary N) is 1. The summed E-state index contributed by atoms with van der Waals surface area (Å²) >= 11 is 0. The van der Waals surface area contributed by atoms with Crippen molar-refractivity contribution in [2.24, 2.45) is 11.7 Å². The number of carbonyl (C=O) groups excluding carboxylic acids is 3. The fourth-order valence-corrected chi connectivity index (χ4v) is 2.76. The van der Waals surface area contributed by atoms with Crippen molar-refractivity contribution in [3.63, 3.8) is 0 Å². The van der Waals surface area contributed by atoms with Gasteiger partial charge in [-0.2, -0.15) is 0 Å². The van der Waals surface area contributed by atoms with Crippen molar-refractivity contribution >= 4 is 18.5 Å². The van der Waals surface area contributed by atoms with Gasteiger partial charge in [0.1, 0.15) is 6.79 Å². The van der Waals surface area contributed by atoms with Crippen LogP contribution in [0.25, 0.3) is 0 Å². The molecule has 2 bridgehead atoms. The van der Waals surface area contributed by atoms with Crippen LogP contribution < -0.4 is 11.1 Å². The normalized spacial score (nSPS) is 19.5. The van der Waals surface area contributed by atoms with Crippen LogP contribution >= 0.6 is 0 Å². The van der Waals surface area contributed by atoms with Crippen molar-refractivity contribution in [3.05, 3.63) is 46.2 Å². The molecule has 5 nitrogen and oxygen atoms in total. The van der Waals surface area contributed by atoms with E-state index in [2.05, 4.69) is 11.2 Å². The Balaban J connectivity index is 0.00000127. The van der Waals surface area contributed by atoms with Crippen LogP contribution in [0.3, 0.4) is 0 Å². The molecule has 1 aliphatic carbocycles. The Morgan fingerprint density at radius 1 is 1.43 bits per heavy atom. The van der Waals surface area contributed by atoms with Gasteiger partial charge in [0.2, 0.25) is 11.7 Å². The molecule has 0 aliphatic heterocycles. The van der Waals surface area contributed by atoms with Crippen molar-refractivity contribution in [1.82, 2.24) is 5.32 Å². The SMILES string of the molecule is C#CCN/C1=C(\C(N)=O)C(C)Cc2cc(C)cc(c2)C1=O.C=O. The van der Waals surface area contributed by atoms with Crippen LogP contribution in [0, 0.1) is 25.2 Å². The highest BCUT2D eigenvalue weighted by Gasteiger charge is 2.27. The summed E-state index contributed by atoms with van der Waals surface area (Å²) in [5.41, 5.74) is 8.63. The number of nitrogens with two attached hydrogens (primary N) is 1. The van der Waals surface area contributed by atoms with Gasteiger partial charge < -0.3 is 15.8 Å². The largest absolute Gasteiger partial charge is 0.371 e. The highest BCUT2D eigenvalue weighted by atomic mass is 16.1. The molecular formula is C18H20N2O3. The Morgan fingerprint density at radius 3 is 2.65 bits per heavy atom. The summed E-state index contributed by atoms with van der Waals surface area (Å²) in [4.78, 5) is 32.5. The Bertz CT molecular complexity index is 699. The molecule has 1 atom stereocenters. The molecule has 0 spiro atoms. The first-order valence-electron chi connectivity index (χ1n) is 7.09. The highest BCUT2D eigenvalue weighted by Crippen LogP contribution is 2.26. The molecule has 0 saturated heterocycles. The van der Waals surface area contributed by atoms with Crippen LogP contribution in [0.4, 0.5) is 0 Å². The number of Topliss-reactive ketones (excluding diaryl/α,β-unsaturated/α-hetero) is 1. The molecule has 120 valence electrons. The lowest BCUT2D eigenvalue weighted by atomic mass is 9.85. The Labute approximate surface area is 135 Å². The van der Waals surface area contributed by atoms with E-state index in [0.717, 1.165) is 11.1 Å². The number of primary amides is 1. The molecule has 0 heterocycles. The third kappa shape index (κ3) is 4.07. The quantitative estimate of drug-likeness (QED) is 0.819. The highest BCUT2D eigenvalue weighted by molar-refractivity contribution is 6.13. The number of amides is 1. The minimum atomic E-state index is -0.586. The Hall–Kier alpha value is -2.87. The minimum Gasteiger partial charge on any atom is -0.371 e. The van der Waals surface area contributed by atoms with Crippen molar-refractivity contribution in [3.8, 4) is 12.3 Å². The van der Waals surface area contributed by atoms with E-state index in [4.69, 9.17) is 17.0 Å². The lowest BCUT2D eigenvalue weighted by Crippen LogP contribution is -2.32. The summed E-state index contributed by atoms with van der Waals surface area (Å²) in [6.45, 7) is 6.00. The molecule has 5 heteroatoms. The molecule has 2 rings (SSSR count). The summed E-state index contributed by atoms with van der Waals surface area (Å²) in [5, 5.41) is 2.87. The van der Waals surface area contributed by atoms with E-state index in [1.165, 1.54) is 0 Å². The van der Waals surface area contributed by atoms with Crippen LogP contribution in [0.5, 0.6) is 0 Å². The average molecular weight is 312 g/mol. The van der Waals surface area contributed by atoms with Crippen molar-refractivity contribution in [1.29, 1.82) is 0 Å². The van der Waals surface area contributed by atoms with Gasteiger partial charge in [0, 0.05) is 11.1 Å². The zero-order chi connectivity index (χ0) is 17.6. The second-order valence-electron chi connectivity index (χ2n) is 5.35. The maximum Gasteiger partial charge on any atom is 0.247 e. The summed E-state index contributed by atoms with van der Waals surface area (Å²) in [5.74, 6) is 1.44. The number of benzene rings is 1. The van der Waals surface area contributed by atoms with E-state index in [9.17, 15) is 9.59 Å². The zero-order valence-electron chi connectivity index (χ0n) is 13.3. The molecule has 23 heavy (non-hydrogen) atoms. The summed E-state index contributed by atoms with van der Waals surface area (Å²) in [6.07, 6.45) is 5.90. The lowest BCUT2D eigenvalue weighted by Gasteiger charge is -2.22. The van der Waals surface area contributed by atoms with Gasteiger partial charge in [0.05, 0.1) is 12.2 Å². The van der Waals surface area contributed by atoms with Gasteiger partial charge in [-0.05, 0) is 37.0 Å². The molecule has 0 saturated carbocycles. The fraction of sp³-hybridized carbons (Fsp3) is 0.278. The lowest BCUT2D eigenvalue weighted by molar-refractivity contribution is -0.115. The molecule has 0 radical (unpaired) electrons. The Kier molecular flexibility index (Phi) is 6.28. The summed E-state index contributed by atoms with van der Waals surface area (Å²) < 4.78 is 0. The molecule has 0 fully saturated rings. The van der Waals surface area contributed by atoms with E-state index in [1.54, 1.807) is 6.07 Å². The van der Waals surface area contributed by atoms with Gasteiger partial charge >= 0.3 is 0 Å². The first-order valence-corrected chi connectivity index (χ1v) is 7.09. The topological polar surface area (TPSA) is 89.3 Å². The zero-order valence-corrected chi connectivity index (χ0v) is 13.3. The van der Waals surface area contributed by atoms with Gasteiger partial charge in [0.25, 0.3) is 0 Å². The third-order valence-corrected chi connectivity index (χ3v) is 3.56. The van der Waals surface area contributed by atoms with Crippen molar-refractivity contribution in [2.45, 2.75) is 20.3 Å². The smallest absolute Gasteiger partial charge is 0.247 e. The van der Waals surface area contributed by atoms with Crippen molar-refractivity contribution < 1.29 is 14.4 Å². The molecular weight excluding hydrogens is 292 g/mol. The molecule has 0 aromatic heterocycles. The molecule has 1 aliphatic rings. The van der Waals surface area contributed by atoms with Crippen LogP contribution in [0.2, 0.25) is 0 Å². The number of aryl methyl sites for hydroxylation is 1. The molecule has 1 aromatic rings. The number of hydrogen-bond donors (Lipinski definition) is 2. The van der Waals surface area contributed by atoms with Crippen LogP contribution in [-0.2, 0) is 16.0 Å². The van der Waals surface area contributed by atoms with E-state index in [1.807, 2.05) is 32.8 Å². The van der Waals surface area contributed by atoms with Crippen molar-refractivity contribution in [2.75, 3.05) is 6.54 Å². The maximum atomic E-state index is 12.7. The van der Waals surface area contributed by atoms with E-state index >= 15 is 0 Å². The number of carbonyl (C=O) groups is 3. The van der Waals surface area contributed by atoms with E-state index < -0.39 is 5.91 Å². The van der Waals surface area contributed by atoms with Gasteiger partial charge in [-0.15, -0.1) is 6.42 Å². The van der Waals surface area contributed by atoms with Gasteiger partial charge in [-0.25, -0.2) is 0 Å². The number of allylic oxidation sites excluding steroid dienone is 1. The molecule has 1 unspecified atom stereocenters. The maximum absolute atomic E-state index is 12.7. The second kappa shape index (κ2) is 7.95. The van der Waals surface area contributed by atoms with Gasteiger partial charge in [0.15, 0.2) is 0 Å². The number of fused-ring (bicyclic) bond motifs is 2. The van der Waals surface area contributed by atoms with Crippen LogP contribution in [0.15, 0.2) is 29.5 Å². The molecule has 1 aromatic carbocycles. The molecule has 1 amide bonds. The number of ketones is 1. The van der Waals surface area contributed by atoms with Gasteiger partial charge in [-0.3, -0.25) is 9.59 Å². The standard InChI is InChI=1S/C17H18N2O2.CH2O/c1-4-5-19-15-14(17(18)21)11(3)8-12-6-10(2)7-13(9-12)16(15)20;1-2/h1,6-7,9,11,19H,5,8H2,2-3H3,(H2,18,21);1H2/b15-14-;. The number of rotatable bonds is 3. The number of hydrogen-bond acceptors (Lipinski definition) is 4. The fourth-order valence-electron chi connectivity index (χ4n) is 2.76. The first-order chi connectivity index (χ1) is 10.9. The Morgan fingerprint density at radius 2 is 2.09 bits per heavy atom. The van der Waals surface area contributed by atoms with Crippen LogP contribution in [-0.4, -0.2) is 25.0 Å². The monoisotopic (exact) mass is 312 g/mol. The predicted octanol–water partition coefficient (Wildman–Crippen LogP) is 1.15. The third-order valence-electron chi connectivity index (χ3n) is 3.56. The van der Waals surface area contributed by atoms with Crippen LogP contribution in [0.1, 0.15) is 28.4 Å².